The lowest BCUT2D eigenvalue weighted by molar-refractivity contribution is 0.0961. The lowest BCUT2D eigenvalue weighted by atomic mass is 10.2. The van der Waals surface area contributed by atoms with Crippen LogP contribution in [0.25, 0.3) is 21.2 Å². The summed E-state index contributed by atoms with van der Waals surface area (Å²) in [6.07, 6.45) is 0. The Kier molecular flexibility index (Phi) is 5.14. The predicted octanol–water partition coefficient (Wildman–Crippen LogP) is 5.21. The molecule has 0 fully saturated rings. The van der Waals surface area contributed by atoms with E-state index in [9.17, 15) is 4.79 Å². The number of furan rings is 1. The first-order valence-corrected chi connectivity index (χ1v) is 11.1. The average Bonchev–Trinajstić information content (AvgIpc) is 3.49. The van der Waals surface area contributed by atoms with Crippen molar-refractivity contribution in [3.8, 4) is 5.75 Å². The number of amides is 1. The van der Waals surface area contributed by atoms with Crippen LogP contribution >= 0.6 is 11.3 Å². The quantitative estimate of drug-likeness (QED) is 0.358. The van der Waals surface area contributed by atoms with Crippen LogP contribution in [0.3, 0.4) is 0 Å². The molecule has 0 aliphatic rings. The lowest BCUT2D eigenvalue weighted by Gasteiger charge is -2.19. The molecule has 7 nitrogen and oxygen atoms in total. The maximum atomic E-state index is 13.6. The highest BCUT2D eigenvalue weighted by Gasteiger charge is 2.25. The summed E-state index contributed by atoms with van der Waals surface area (Å²) in [4.78, 5) is 20.0. The van der Waals surface area contributed by atoms with Gasteiger partial charge in [-0.3, -0.25) is 14.4 Å². The largest absolute Gasteiger partial charge is 0.493 e. The highest BCUT2D eigenvalue weighted by atomic mass is 32.1. The molecule has 162 valence electrons. The number of rotatable bonds is 6. The minimum absolute atomic E-state index is 0.246. The van der Waals surface area contributed by atoms with Crippen LogP contribution in [0.1, 0.15) is 21.9 Å². The number of benzene rings is 2. The molecule has 3 aromatic heterocycles. The van der Waals surface area contributed by atoms with Gasteiger partial charge in [0.05, 0.1) is 29.6 Å². The number of carbonyl (C=O) groups is 1. The van der Waals surface area contributed by atoms with Crippen LogP contribution in [0.2, 0.25) is 0 Å². The SMILES string of the molecule is COc1cccc2cc(C(=O)N(CCn3nc(C)cc3C)c3nc4ccccc4s3)oc12. The number of methoxy groups -OCH3 is 1. The Hall–Kier alpha value is -3.65. The predicted molar refractivity (Wildman–Crippen MR) is 126 cm³/mol. The highest BCUT2D eigenvalue weighted by molar-refractivity contribution is 7.22. The van der Waals surface area contributed by atoms with E-state index in [1.807, 2.05) is 67.1 Å². The molecule has 0 radical (unpaired) electrons. The van der Waals surface area contributed by atoms with Gasteiger partial charge >= 0.3 is 0 Å². The Balaban J connectivity index is 1.53. The zero-order valence-electron chi connectivity index (χ0n) is 18.0. The highest BCUT2D eigenvalue weighted by Crippen LogP contribution is 2.32. The van der Waals surface area contributed by atoms with E-state index in [0.29, 0.717) is 29.6 Å². The second-order valence-electron chi connectivity index (χ2n) is 7.56. The molecule has 5 rings (SSSR count). The molecule has 0 N–H and O–H groups in total. The fraction of sp³-hybridized carbons (Fsp3) is 0.208. The zero-order chi connectivity index (χ0) is 22.2. The third-order valence-electron chi connectivity index (χ3n) is 5.34. The molecule has 1 amide bonds. The molecule has 8 heteroatoms. The second-order valence-corrected chi connectivity index (χ2v) is 8.57. The van der Waals surface area contributed by atoms with Gasteiger partial charge in [-0.15, -0.1) is 0 Å². The Morgan fingerprint density at radius 3 is 2.75 bits per heavy atom. The summed E-state index contributed by atoms with van der Waals surface area (Å²) < 4.78 is 14.3. The molecule has 3 heterocycles. The summed E-state index contributed by atoms with van der Waals surface area (Å²) in [5.74, 6) is 0.594. The van der Waals surface area contributed by atoms with Gasteiger partial charge in [0.1, 0.15) is 0 Å². The van der Waals surface area contributed by atoms with E-state index >= 15 is 0 Å². The summed E-state index contributed by atoms with van der Waals surface area (Å²) in [5, 5.41) is 5.97. The standard InChI is InChI=1S/C24H22N4O3S/c1-15-13-16(2)28(26-15)12-11-27(24-25-18-8-4-5-10-21(18)32-24)23(29)20-14-17-7-6-9-19(30-3)22(17)31-20/h4-10,13-14H,11-12H2,1-3H3. The summed E-state index contributed by atoms with van der Waals surface area (Å²) >= 11 is 1.49. The smallest absolute Gasteiger partial charge is 0.295 e. The van der Waals surface area contributed by atoms with E-state index in [0.717, 1.165) is 27.0 Å². The number of hydrogen-bond acceptors (Lipinski definition) is 6. The van der Waals surface area contributed by atoms with E-state index in [2.05, 4.69) is 5.10 Å². The van der Waals surface area contributed by atoms with Crippen molar-refractivity contribution in [3.63, 3.8) is 0 Å². The fourth-order valence-electron chi connectivity index (χ4n) is 3.79. The van der Waals surface area contributed by atoms with Gasteiger partial charge in [-0.2, -0.15) is 5.10 Å². The lowest BCUT2D eigenvalue weighted by Crippen LogP contribution is -2.34. The molecule has 5 aromatic rings. The van der Waals surface area contributed by atoms with Crippen molar-refractivity contribution in [1.29, 1.82) is 0 Å². The number of para-hydroxylation sites is 2. The van der Waals surface area contributed by atoms with Crippen LogP contribution in [-0.2, 0) is 6.54 Å². The zero-order valence-corrected chi connectivity index (χ0v) is 18.8. The Morgan fingerprint density at radius 1 is 1.16 bits per heavy atom. The third kappa shape index (κ3) is 3.62. The summed E-state index contributed by atoms with van der Waals surface area (Å²) in [6.45, 7) is 4.93. The first kappa shape index (κ1) is 20.3. The van der Waals surface area contributed by atoms with Gasteiger partial charge in [0, 0.05) is 17.6 Å². The molecule has 0 bridgehead atoms. The van der Waals surface area contributed by atoms with Crippen LogP contribution in [0.15, 0.2) is 59.0 Å². The van der Waals surface area contributed by atoms with Gasteiger partial charge < -0.3 is 9.15 Å². The minimum atomic E-state index is -0.246. The molecule has 2 aromatic carbocycles. The van der Waals surface area contributed by atoms with Gasteiger partial charge in [0.15, 0.2) is 22.2 Å². The molecule has 0 spiro atoms. The topological polar surface area (TPSA) is 73.4 Å². The fourth-order valence-corrected chi connectivity index (χ4v) is 4.78. The van der Waals surface area contributed by atoms with Crippen molar-refractivity contribution < 1.29 is 13.9 Å². The van der Waals surface area contributed by atoms with Crippen molar-refractivity contribution in [2.75, 3.05) is 18.6 Å². The van der Waals surface area contributed by atoms with E-state index in [1.165, 1.54) is 11.3 Å². The molecular weight excluding hydrogens is 424 g/mol. The Labute approximate surface area is 188 Å². The summed E-state index contributed by atoms with van der Waals surface area (Å²) in [6, 6.07) is 17.2. The third-order valence-corrected chi connectivity index (χ3v) is 6.40. The van der Waals surface area contributed by atoms with Crippen LogP contribution in [-0.4, -0.2) is 34.3 Å². The van der Waals surface area contributed by atoms with Gasteiger partial charge in [-0.05, 0) is 44.2 Å². The van der Waals surface area contributed by atoms with Gasteiger partial charge in [-0.25, -0.2) is 4.98 Å². The van der Waals surface area contributed by atoms with E-state index in [4.69, 9.17) is 14.1 Å². The number of aryl methyl sites for hydroxylation is 2. The van der Waals surface area contributed by atoms with Crippen molar-refractivity contribution >= 4 is 43.6 Å². The van der Waals surface area contributed by atoms with E-state index in [-0.39, 0.29) is 11.7 Å². The van der Waals surface area contributed by atoms with Gasteiger partial charge in [-0.1, -0.05) is 35.6 Å². The number of anilines is 1. The molecule has 0 unspecified atom stereocenters. The first-order chi connectivity index (χ1) is 15.5. The van der Waals surface area contributed by atoms with Crippen molar-refractivity contribution in [1.82, 2.24) is 14.8 Å². The number of fused-ring (bicyclic) bond motifs is 2. The van der Waals surface area contributed by atoms with Crippen LogP contribution in [0.5, 0.6) is 5.75 Å². The number of hydrogen-bond donors (Lipinski definition) is 0. The van der Waals surface area contributed by atoms with Crippen molar-refractivity contribution in [3.05, 3.63) is 71.7 Å². The Morgan fingerprint density at radius 2 is 2.00 bits per heavy atom. The Bertz CT molecular complexity index is 1400. The number of ether oxygens (including phenoxy) is 1. The van der Waals surface area contributed by atoms with Crippen LogP contribution < -0.4 is 9.64 Å². The monoisotopic (exact) mass is 446 g/mol. The van der Waals surface area contributed by atoms with E-state index < -0.39 is 0 Å². The molecule has 0 saturated heterocycles. The molecule has 0 aliphatic heterocycles. The molecular formula is C24H22N4O3S. The number of aromatic nitrogens is 3. The molecule has 0 aliphatic carbocycles. The van der Waals surface area contributed by atoms with Crippen molar-refractivity contribution in [2.24, 2.45) is 0 Å². The normalized spacial score (nSPS) is 11.3. The minimum Gasteiger partial charge on any atom is -0.493 e. The molecule has 0 saturated carbocycles. The van der Waals surface area contributed by atoms with Crippen LogP contribution in [0.4, 0.5) is 5.13 Å². The second kappa shape index (κ2) is 8.12. The van der Waals surface area contributed by atoms with E-state index in [1.54, 1.807) is 18.1 Å². The first-order valence-electron chi connectivity index (χ1n) is 10.3. The molecule has 0 atom stereocenters. The average molecular weight is 447 g/mol. The van der Waals surface area contributed by atoms with Gasteiger partial charge in [0.25, 0.3) is 5.91 Å². The number of carbonyl (C=O) groups excluding carboxylic acids is 1. The number of nitrogens with zero attached hydrogens (tertiary/aromatic N) is 4. The summed E-state index contributed by atoms with van der Waals surface area (Å²) in [7, 11) is 1.58. The van der Waals surface area contributed by atoms with Crippen LogP contribution in [0, 0.1) is 13.8 Å². The summed E-state index contributed by atoms with van der Waals surface area (Å²) in [5.41, 5.74) is 3.42. The maximum absolute atomic E-state index is 13.6. The van der Waals surface area contributed by atoms with Gasteiger partial charge in [0.2, 0.25) is 0 Å². The maximum Gasteiger partial charge on any atom is 0.295 e. The molecule has 32 heavy (non-hydrogen) atoms. The van der Waals surface area contributed by atoms with Crippen molar-refractivity contribution in [2.45, 2.75) is 20.4 Å². The number of thiazole rings is 1.